The molecule has 1 atom stereocenters. The van der Waals surface area contributed by atoms with Crippen molar-refractivity contribution in [2.24, 2.45) is 0 Å². The molecular weight excluding hydrogens is 256 g/mol. The molecule has 4 heteroatoms. The van der Waals surface area contributed by atoms with E-state index in [0.717, 1.165) is 32.6 Å². The largest absolute Gasteiger partial charge is 0.395 e. The van der Waals surface area contributed by atoms with Gasteiger partial charge in [-0.15, -0.1) is 11.3 Å². The number of fused-ring (bicyclic) bond motifs is 2. The second-order valence-electron chi connectivity index (χ2n) is 5.49. The summed E-state index contributed by atoms with van der Waals surface area (Å²) < 4.78 is 1.42. The van der Waals surface area contributed by atoms with Gasteiger partial charge < -0.3 is 10.0 Å². The number of piperazine rings is 1. The molecule has 0 saturated carbocycles. The van der Waals surface area contributed by atoms with Gasteiger partial charge in [-0.3, -0.25) is 4.90 Å². The maximum absolute atomic E-state index is 9.11. The first-order valence-corrected chi connectivity index (χ1v) is 7.84. The van der Waals surface area contributed by atoms with Crippen molar-refractivity contribution in [3.05, 3.63) is 29.1 Å². The van der Waals surface area contributed by atoms with Crippen LogP contribution in [0.15, 0.2) is 23.6 Å². The van der Waals surface area contributed by atoms with Gasteiger partial charge in [0.2, 0.25) is 0 Å². The van der Waals surface area contributed by atoms with E-state index in [4.69, 9.17) is 5.11 Å². The molecule has 1 unspecified atom stereocenters. The Morgan fingerprint density at radius 1 is 1.32 bits per heavy atom. The summed E-state index contributed by atoms with van der Waals surface area (Å²) in [4.78, 5) is 4.97. The lowest BCUT2D eigenvalue weighted by Gasteiger charge is -2.45. The molecule has 1 N–H and O–H groups in total. The van der Waals surface area contributed by atoms with Crippen molar-refractivity contribution in [1.29, 1.82) is 0 Å². The van der Waals surface area contributed by atoms with Crippen molar-refractivity contribution in [3.8, 4) is 0 Å². The molecule has 0 amide bonds. The summed E-state index contributed by atoms with van der Waals surface area (Å²) in [6.07, 6.45) is 1.15. The van der Waals surface area contributed by atoms with E-state index in [1.54, 1.807) is 0 Å². The molecule has 4 rings (SSSR count). The van der Waals surface area contributed by atoms with Gasteiger partial charge in [-0.05, 0) is 29.5 Å². The van der Waals surface area contributed by atoms with E-state index in [9.17, 15) is 0 Å². The predicted octanol–water partition coefficient (Wildman–Crippen LogP) is 1.94. The molecule has 3 nitrogen and oxygen atoms in total. The Morgan fingerprint density at radius 3 is 3.16 bits per heavy atom. The van der Waals surface area contributed by atoms with E-state index >= 15 is 0 Å². The molecule has 2 aliphatic heterocycles. The van der Waals surface area contributed by atoms with Crippen molar-refractivity contribution in [3.63, 3.8) is 0 Å². The van der Waals surface area contributed by atoms with E-state index in [-0.39, 0.29) is 6.61 Å². The minimum Gasteiger partial charge on any atom is -0.395 e. The number of anilines is 1. The molecule has 0 aliphatic carbocycles. The SMILES string of the molecule is OCCN1CCN2c3cccc4scc(c34)CC2C1. The third kappa shape index (κ3) is 1.78. The van der Waals surface area contributed by atoms with Crippen LogP contribution in [0.4, 0.5) is 5.69 Å². The predicted molar refractivity (Wildman–Crippen MR) is 80.2 cm³/mol. The molecule has 100 valence electrons. The average molecular weight is 274 g/mol. The first-order valence-electron chi connectivity index (χ1n) is 6.96. The normalized spacial score (nSPS) is 22.8. The van der Waals surface area contributed by atoms with Gasteiger partial charge in [0.15, 0.2) is 0 Å². The first kappa shape index (κ1) is 11.7. The van der Waals surface area contributed by atoms with Crippen molar-refractivity contribution >= 4 is 27.1 Å². The number of nitrogens with zero attached hydrogens (tertiary/aromatic N) is 2. The highest BCUT2D eigenvalue weighted by Gasteiger charge is 2.32. The van der Waals surface area contributed by atoms with Crippen molar-refractivity contribution < 1.29 is 5.11 Å². The molecule has 3 heterocycles. The van der Waals surface area contributed by atoms with Gasteiger partial charge in [0, 0.05) is 48.0 Å². The topological polar surface area (TPSA) is 26.7 Å². The minimum atomic E-state index is 0.270. The Balaban J connectivity index is 1.72. The summed E-state index contributed by atoms with van der Waals surface area (Å²) in [6, 6.07) is 7.26. The fraction of sp³-hybridized carbons (Fsp3) is 0.467. The zero-order valence-corrected chi connectivity index (χ0v) is 11.7. The summed E-state index contributed by atoms with van der Waals surface area (Å²) in [5.41, 5.74) is 2.94. The Hall–Kier alpha value is -1.10. The van der Waals surface area contributed by atoms with Gasteiger partial charge in [0.25, 0.3) is 0 Å². The lowest BCUT2D eigenvalue weighted by molar-refractivity contribution is 0.170. The Bertz CT molecular complexity index is 609. The second-order valence-corrected chi connectivity index (χ2v) is 6.40. The Morgan fingerprint density at radius 2 is 2.26 bits per heavy atom. The van der Waals surface area contributed by atoms with Crippen LogP contribution in [-0.2, 0) is 6.42 Å². The van der Waals surface area contributed by atoms with Crippen LogP contribution in [0, 0.1) is 0 Å². The summed E-state index contributed by atoms with van der Waals surface area (Å²) in [5, 5.41) is 12.9. The van der Waals surface area contributed by atoms with Crippen LogP contribution in [0.1, 0.15) is 5.56 Å². The molecule has 0 radical (unpaired) electrons. The highest BCUT2D eigenvalue weighted by Crippen LogP contribution is 2.40. The van der Waals surface area contributed by atoms with Crippen LogP contribution >= 0.6 is 11.3 Å². The van der Waals surface area contributed by atoms with Crippen molar-refractivity contribution in [2.45, 2.75) is 12.5 Å². The fourth-order valence-electron chi connectivity index (χ4n) is 3.53. The zero-order chi connectivity index (χ0) is 12.8. The van der Waals surface area contributed by atoms with Crippen LogP contribution in [0.3, 0.4) is 0 Å². The molecule has 0 bridgehead atoms. The minimum absolute atomic E-state index is 0.270. The number of thiophene rings is 1. The lowest BCUT2D eigenvalue weighted by atomic mass is 9.94. The van der Waals surface area contributed by atoms with Gasteiger partial charge in [-0.25, -0.2) is 0 Å². The molecule has 19 heavy (non-hydrogen) atoms. The summed E-state index contributed by atoms with van der Waals surface area (Å²) in [6.45, 7) is 4.30. The number of hydrogen-bond donors (Lipinski definition) is 1. The van der Waals surface area contributed by atoms with E-state index in [0.29, 0.717) is 6.04 Å². The van der Waals surface area contributed by atoms with Gasteiger partial charge in [-0.1, -0.05) is 6.07 Å². The fourth-order valence-corrected chi connectivity index (χ4v) is 4.53. The quantitative estimate of drug-likeness (QED) is 0.906. The standard InChI is InChI=1S/C15H18N2OS/c18-7-6-16-4-5-17-12(9-16)8-11-10-19-14-3-1-2-13(17)15(11)14/h1-3,10,12,18H,4-9H2. The molecule has 1 aromatic carbocycles. The summed E-state index contributed by atoms with van der Waals surface area (Å²) >= 11 is 1.87. The smallest absolute Gasteiger partial charge is 0.0558 e. The van der Waals surface area contributed by atoms with Crippen LogP contribution in [0.5, 0.6) is 0 Å². The maximum Gasteiger partial charge on any atom is 0.0558 e. The number of rotatable bonds is 2. The van der Waals surface area contributed by atoms with E-state index in [1.165, 1.54) is 21.3 Å². The highest BCUT2D eigenvalue weighted by molar-refractivity contribution is 7.17. The van der Waals surface area contributed by atoms with Crippen LogP contribution in [0.25, 0.3) is 10.1 Å². The van der Waals surface area contributed by atoms with Crippen LogP contribution in [-0.4, -0.2) is 48.8 Å². The van der Waals surface area contributed by atoms with Crippen LogP contribution < -0.4 is 4.90 Å². The number of aliphatic hydroxyl groups excluding tert-OH is 1. The Kier molecular flexibility index (Phi) is 2.76. The number of benzene rings is 1. The third-order valence-electron chi connectivity index (χ3n) is 4.40. The molecule has 1 aromatic heterocycles. The molecule has 1 saturated heterocycles. The van der Waals surface area contributed by atoms with E-state index in [2.05, 4.69) is 33.4 Å². The number of β-amino-alcohol motifs (C(OH)–C–C–N with tert-alkyl or cyclic N) is 1. The van der Waals surface area contributed by atoms with E-state index < -0.39 is 0 Å². The summed E-state index contributed by atoms with van der Waals surface area (Å²) in [7, 11) is 0. The van der Waals surface area contributed by atoms with Crippen LogP contribution in [0.2, 0.25) is 0 Å². The lowest BCUT2D eigenvalue weighted by Crippen LogP contribution is -2.55. The number of aliphatic hydroxyl groups is 1. The molecule has 2 aliphatic rings. The van der Waals surface area contributed by atoms with Gasteiger partial charge in [0.05, 0.1) is 6.61 Å². The highest BCUT2D eigenvalue weighted by atomic mass is 32.1. The molecule has 0 spiro atoms. The number of hydrogen-bond acceptors (Lipinski definition) is 4. The van der Waals surface area contributed by atoms with E-state index in [1.807, 2.05) is 11.3 Å². The second kappa shape index (κ2) is 4.47. The molecular formula is C15H18N2OS. The average Bonchev–Trinajstić information content (AvgIpc) is 2.84. The van der Waals surface area contributed by atoms with Gasteiger partial charge in [0.1, 0.15) is 0 Å². The third-order valence-corrected chi connectivity index (χ3v) is 5.40. The maximum atomic E-state index is 9.11. The van der Waals surface area contributed by atoms with Crippen molar-refractivity contribution in [2.75, 3.05) is 37.7 Å². The summed E-state index contributed by atoms with van der Waals surface area (Å²) in [5.74, 6) is 0. The van der Waals surface area contributed by atoms with Gasteiger partial charge >= 0.3 is 0 Å². The molecule has 1 fully saturated rings. The first-order chi connectivity index (χ1) is 9.36. The zero-order valence-electron chi connectivity index (χ0n) is 10.9. The monoisotopic (exact) mass is 274 g/mol. The molecule has 2 aromatic rings. The van der Waals surface area contributed by atoms with Gasteiger partial charge in [-0.2, -0.15) is 0 Å². The Labute approximate surface area is 117 Å². The van der Waals surface area contributed by atoms with Crippen molar-refractivity contribution in [1.82, 2.24) is 4.90 Å².